The predicted octanol–water partition coefficient (Wildman–Crippen LogP) is 3.41. The van der Waals surface area contributed by atoms with Crippen LogP contribution in [0.15, 0.2) is 29.2 Å². The lowest BCUT2D eigenvalue weighted by Crippen LogP contribution is -2.31. The summed E-state index contributed by atoms with van der Waals surface area (Å²) in [4.78, 5) is 26.5. The summed E-state index contributed by atoms with van der Waals surface area (Å²) in [7, 11) is -1.98. The molecule has 1 aromatic heterocycles. The third-order valence-corrected chi connectivity index (χ3v) is 9.04. The molecular formula is C22H27N3O4S2. The first-order valence-corrected chi connectivity index (χ1v) is 13.0. The first kappa shape index (κ1) is 22.0. The van der Waals surface area contributed by atoms with Crippen molar-refractivity contribution in [1.29, 1.82) is 0 Å². The van der Waals surface area contributed by atoms with E-state index in [0.29, 0.717) is 29.2 Å². The minimum absolute atomic E-state index is 0.200. The zero-order valence-electron chi connectivity index (χ0n) is 17.6. The minimum atomic E-state index is -3.56. The molecule has 2 aromatic rings. The Bertz CT molecular complexity index is 1080. The molecule has 0 spiro atoms. The smallest absolute Gasteiger partial charge is 0.256 e. The summed E-state index contributed by atoms with van der Waals surface area (Å²) in [6, 6.07) is 6.04. The summed E-state index contributed by atoms with van der Waals surface area (Å²) in [6.07, 6.45) is 6.63. The first-order chi connectivity index (χ1) is 14.9. The van der Waals surface area contributed by atoms with Gasteiger partial charge in [0.2, 0.25) is 10.0 Å². The Hall–Kier alpha value is -2.23. The molecule has 0 unspecified atom stereocenters. The third-order valence-electron chi connectivity index (χ3n) is 5.92. The Kier molecular flexibility index (Phi) is 6.45. The van der Waals surface area contributed by atoms with Gasteiger partial charge in [0.1, 0.15) is 5.00 Å². The summed E-state index contributed by atoms with van der Waals surface area (Å²) in [5, 5.41) is 6.07. The van der Waals surface area contributed by atoms with Crippen molar-refractivity contribution in [2.75, 3.05) is 25.5 Å². The van der Waals surface area contributed by atoms with Crippen LogP contribution in [0.3, 0.4) is 0 Å². The molecule has 1 aliphatic carbocycles. The average molecular weight is 462 g/mol. The van der Waals surface area contributed by atoms with Gasteiger partial charge in [-0.1, -0.05) is 12.8 Å². The van der Waals surface area contributed by atoms with Crippen molar-refractivity contribution in [1.82, 2.24) is 9.62 Å². The quantitative estimate of drug-likeness (QED) is 0.713. The molecule has 4 rings (SSSR count). The van der Waals surface area contributed by atoms with Gasteiger partial charge in [-0.25, -0.2) is 8.42 Å². The Labute approximate surface area is 186 Å². The molecule has 1 saturated heterocycles. The third kappa shape index (κ3) is 4.40. The van der Waals surface area contributed by atoms with Crippen molar-refractivity contribution in [2.24, 2.45) is 0 Å². The van der Waals surface area contributed by atoms with E-state index in [4.69, 9.17) is 0 Å². The van der Waals surface area contributed by atoms with Crippen molar-refractivity contribution in [3.8, 4) is 0 Å². The molecule has 9 heteroatoms. The molecule has 31 heavy (non-hydrogen) atoms. The standard InChI is InChI=1S/C22H27N3O4S2/c1-23-21(27)19-17-7-6-8-18(17)30-22(19)24-20(26)15-9-11-16(12-10-15)31(28,29)25-13-4-2-3-5-14-25/h9-12H,2-8,13-14H2,1H3,(H,23,27)(H,24,26). The molecule has 0 atom stereocenters. The number of sulfonamides is 1. The highest BCUT2D eigenvalue weighted by molar-refractivity contribution is 7.89. The van der Waals surface area contributed by atoms with E-state index in [2.05, 4.69) is 10.6 Å². The van der Waals surface area contributed by atoms with Gasteiger partial charge in [-0.2, -0.15) is 4.31 Å². The van der Waals surface area contributed by atoms with Gasteiger partial charge in [-0.3, -0.25) is 9.59 Å². The highest BCUT2D eigenvalue weighted by atomic mass is 32.2. The van der Waals surface area contributed by atoms with Crippen molar-refractivity contribution in [2.45, 2.75) is 49.8 Å². The molecule has 1 fully saturated rings. The number of thiophene rings is 1. The molecule has 2 aliphatic rings. The van der Waals surface area contributed by atoms with Crippen LogP contribution in [0.25, 0.3) is 0 Å². The number of hydrogen-bond acceptors (Lipinski definition) is 5. The minimum Gasteiger partial charge on any atom is -0.355 e. The van der Waals surface area contributed by atoms with Crippen LogP contribution >= 0.6 is 11.3 Å². The SMILES string of the molecule is CNC(=O)c1c(NC(=O)c2ccc(S(=O)(=O)N3CCCCCC3)cc2)sc2c1CCC2. The molecule has 0 saturated carbocycles. The van der Waals surface area contributed by atoms with Gasteiger partial charge < -0.3 is 10.6 Å². The Balaban J connectivity index is 1.53. The number of nitrogens with one attached hydrogen (secondary N) is 2. The fourth-order valence-electron chi connectivity index (χ4n) is 4.24. The zero-order chi connectivity index (χ0) is 22.0. The summed E-state index contributed by atoms with van der Waals surface area (Å²) >= 11 is 1.45. The van der Waals surface area contributed by atoms with Gasteiger partial charge in [0.05, 0.1) is 10.5 Å². The van der Waals surface area contributed by atoms with Gasteiger partial charge >= 0.3 is 0 Å². The van der Waals surface area contributed by atoms with Crippen LogP contribution in [-0.4, -0.2) is 44.7 Å². The van der Waals surface area contributed by atoms with Crippen molar-refractivity contribution < 1.29 is 18.0 Å². The number of amides is 2. The number of benzene rings is 1. The van der Waals surface area contributed by atoms with Gasteiger partial charge in [0.15, 0.2) is 0 Å². The second-order valence-corrected chi connectivity index (χ2v) is 11.0. The van der Waals surface area contributed by atoms with Crippen LogP contribution in [0.1, 0.15) is 63.3 Å². The van der Waals surface area contributed by atoms with Crippen LogP contribution in [0, 0.1) is 0 Å². The second-order valence-electron chi connectivity index (χ2n) is 7.94. The molecule has 1 aliphatic heterocycles. The van der Waals surface area contributed by atoms with E-state index in [9.17, 15) is 18.0 Å². The maximum absolute atomic E-state index is 12.9. The van der Waals surface area contributed by atoms with Crippen molar-refractivity contribution in [3.63, 3.8) is 0 Å². The Morgan fingerprint density at radius 1 is 0.935 bits per heavy atom. The molecular weight excluding hydrogens is 434 g/mol. The van der Waals surface area contributed by atoms with Crippen molar-refractivity contribution in [3.05, 3.63) is 45.8 Å². The number of rotatable bonds is 5. The fourth-order valence-corrected chi connectivity index (χ4v) is 7.04. The highest BCUT2D eigenvalue weighted by Crippen LogP contribution is 2.39. The highest BCUT2D eigenvalue weighted by Gasteiger charge is 2.28. The normalized spacial score (nSPS) is 17.1. The number of carbonyl (C=O) groups excluding carboxylic acids is 2. The number of anilines is 1. The average Bonchev–Trinajstić information content (AvgIpc) is 3.22. The topological polar surface area (TPSA) is 95.6 Å². The lowest BCUT2D eigenvalue weighted by Gasteiger charge is -2.20. The molecule has 1 aromatic carbocycles. The first-order valence-electron chi connectivity index (χ1n) is 10.7. The molecule has 0 radical (unpaired) electrons. The van der Waals surface area contributed by atoms with Crippen molar-refractivity contribution >= 4 is 38.2 Å². The van der Waals surface area contributed by atoms with E-state index in [-0.39, 0.29) is 16.7 Å². The molecule has 2 amide bonds. The van der Waals surface area contributed by atoms with Gasteiger partial charge in [-0.05, 0) is 61.9 Å². The van der Waals surface area contributed by atoms with Gasteiger partial charge in [0.25, 0.3) is 11.8 Å². The Morgan fingerprint density at radius 2 is 1.61 bits per heavy atom. The molecule has 166 valence electrons. The maximum atomic E-state index is 12.9. The summed E-state index contributed by atoms with van der Waals surface area (Å²) < 4.78 is 27.4. The van der Waals surface area contributed by atoms with Crippen LogP contribution in [0.5, 0.6) is 0 Å². The van der Waals surface area contributed by atoms with Crippen LogP contribution in [0.2, 0.25) is 0 Å². The van der Waals surface area contributed by atoms with Crippen LogP contribution in [0.4, 0.5) is 5.00 Å². The van der Waals surface area contributed by atoms with Crippen LogP contribution in [-0.2, 0) is 22.9 Å². The van der Waals surface area contributed by atoms with E-state index in [1.165, 1.54) is 39.9 Å². The maximum Gasteiger partial charge on any atom is 0.256 e. The lowest BCUT2D eigenvalue weighted by molar-refractivity contribution is 0.0963. The fraction of sp³-hybridized carbons (Fsp3) is 0.455. The number of aryl methyl sites for hydroxylation is 1. The van der Waals surface area contributed by atoms with Gasteiger partial charge in [0, 0.05) is 30.6 Å². The Morgan fingerprint density at radius 3 is 2.26 bits per heavy atom. The largest absolute Gasteiger partial charge is 0.355 e. The lowest BCUT2D eigenvalue weighted by atomic mass is 10.1. The van der Waals surface area contributed by atoms with E-state index in [1.54, 1.807) is 7.05 Å². The zero-order valence-corrected chi connectivity index (χ0v) is 19.2. The molecule has 2 heterocycles. The van der Waals surface area contributed by atoms with E-state index < -0.39 is 10.0 Å². The molecule has 2 N–H and O–H groups in total. The number of fused-ring (bicyclic) bond motifs is 1. The number of nitrogens with zero attached hydrogens (tertiary/aromatic N) is 1. The summed E-state index contributed by atoms with van der Waals surface area (Å²) in [6.45, 7) is 1.08. The molecule has 7 nitrogen and oxygen atoms in total. The van der Waals surface area contributed by atoms with E-state index in [1.807, 2.05) is 0 Å². The number of hydrogen-bond donors (Lipinski definition) is 2. The summed E-state index contributed by atoms with van der Waals surface area (Å²) in [5.74, 6) is -0.558. The second kappa shape index (κ2) is 9.10. The molecule has 0 bridgehead atoms. The summed E-state index contributed by atoms with van der Waals surface area (Å²) in [5.41, 5.74) is 1.93. The van der Waals surface area contributed by atoms with E-state index in [0.717, 1.165) is 55.4 Å². The van der Waals surface area contributed by atoms with E-state index >= 15 is 0 Å². The van der Waals surface area contributed by atoms with Gasteiger partial charge in [-0.15, -0.1) is 11.3 Å². The predicted molar refractivity (Wildman–Crippen MR) is 121 cm³/mol. The van der Waals surface area contributed by atoms with Crippen LogP contribution < -0.4 is 10.6 Å². The monoisotopic (exact) mass is 461 g/mol. The number of carbonyl (C=O) groups is 2.